The summed E-state index contributed by atoms with van der Waals surface area (Å²) in [5.74, 6) is -1.24. The lowest BCUT2D eigenvalue weighted by molar-refractivity contribution is 0.0374. The van der Waals surface area contributed by atoms with Crippen LogP contribution in [0.2, 0.25) is 0 Å². The largest absolute Gasteiger partial charge is 0.379 e. The first-order valence-corrected chi connectivity index (χ1v) is 9.42. The standard InChI is InChI=1S/C17H20FN5O3S/c18-12-2-4-13(5-3-12)20-15(25)17-22-21-16(27-17)14(24)19-6-1-7-23-8-10-26-11-9-23/h2-5H,1,6-11H2,(H,19,24)(H,20,25). The summed E-state index contributed by atoms with van der Waals surface area (Å²) >= 11 is 0.910. The number of benzene rings is 1. The Balaban J connectivity index is 1.43. The molecule has 2 N–H and O–H groups in total. The Morgan fingerprint density at radius 1 is 1.11 bits per heavy atom. The van der Waals surface area contributed by atoms with E-state index in [2.05, 4.69) is 25.7 Å². The van der Waals surface area contributed by atoms with Crippen LogP contribution < -0.4 is 10.6 Å². The second-order valence-electron chi connectivity index (χ2n) is 5.94. The van der Waals surface area contributed by atoms with Crippen LogP contribution in [-0.2, 0) is 4.74 Å². The molecule has 1 aromatic carbocycles. The highest BCUT2D eigenvalue weighted by Crippen LogP contribution is 2.14. The minimum Gasteiger partial charge on any atom is -0.379 e. The number of nitrogens with one attached hydrogen (secondary N) is 2. The van der Waals surface area contributed by atoms with Gasteiger partial charge in [-0.1, -0.05) is 11.3 Å². The van der Waals surface area contributed by atoms with Crippen LogP contribution in [0.3, 0.4) is 0 Å². The van der Waals surface area contributed by atoms with Gasteiger partial charge in [0.15, 0.2) is 0 Å². The minimum atomic E-state index is -0.495. The van der Waals surface area contributed by atoms with E-state index in [0.29, 0.717) is 12.2 Å². The van der Waals surface area contributed by atoms with E-state index >= 15 is 0 Å². The highest BCUT2D eigenvalue weighted by molar-refractivity contribution is 7.15. The Morgan fingerprint density at radius 3 is 2.48 bits per heavy atom. The van der Waals surface area contributed by atoms with Crippen molar-refractivity contribution in [3.05, 3.63) is 40.1 Å². The van der Waals surface area contributed by atoms with Gasteiger partial charge < -0.3 is 15.4 Å². The number of carbonyl (C=O) groups is 2. The summed E-state index contributed by atoms with van der Waals surface area (Å²) in [6, 6.07) is 5.36. The molecule has 1 aromatic heterocycles. The normalized spacial score (nSPS) is 14.7. The maximum Gasteiger partial charge on any atom is 0.286 e. The van der Waals surface area contributed by atoms with E-state index in [1.807, 2.05) is 0 Å². The molecule has 1 aliphatic heterocycles. The monoisotopic (exact) mass is 393 g/mol. The molecular weight excluding hydrogens is 373 g/mol. The highest BCUT2D eigenvalue weighted by Gasteiger charge is 2.17. The SMILES string of the molecule is O=C(NCCCN1CCOCC1)c1nnc(C(=O)Nc2ccc(F)cc2)s1. The van der Waals surface area contributed by atoms with Gasteiger partial charge in [-0.3, -0.25) is 14.5 Å². The molecule has 1 saturated heterocycles. The zero-order chi connectivity index (χ0) is 19.1. The van der Waals surface area contributed by atoms with Crippen LogP contribution in [-0.4, -0.2) is 66.3 Å². The van der Waals surface area contributed by atoms with Crippen molar-refractivity contribution in [2.45, 2.75) is 6.42 Å². The lowest BCUT2D eigenvalue weighted by Gasteiger charge is -2.26. The van der Waals surface area contributed by atoms with Crippen molar-refractivity contribution in [2.75, 3.05) is 44.7 Å². The van der Waals surface area contributed by atoms with Crippen LogP contribution in [0, 0.1) is 5.82 Å². The Morgan fingerprint density at radius 2 is 1.78 bits per heavy atom. The number of aromatic nitrogens is 2. The minimum absolute atomic E-state index is 0.0674. The van der Waals surface area contributed by atoms with Crippen LogP contribution in [0.4, 0.5) is 10.1 Å². The molecule has 0 saturated carbocycles. The Kier molecular flexibility index (Phi) is 6.80. The third kappa shape index (κ3) is 5.78. The van der Waals surface area contributed by atoms with Gasteiger partial charge in [-0.2, -0.15) is 0 Å². The Hall–Kier alpha value is -2.43. The lowest BCUT2D eigenvalue weighted by atomic mass is 10.3. The topological polar surface area (TPSA) is 96.5 Å². The van der Waals surface area contributed by atoms with Gasteiger partial charge >= 0.3 is 0 Å². The fourth-order valence-electron chi connectivity index (χ4n) is 2.53. The molecule has 2 aromatic rings. The summed E-state index contributed by atoms with van der Waals surface area (Å²) in [5, 5.41) is 13.1. The molecule has 0 bridgehead atoms. The van der Waals surface area contributed by atoms with Crippen LogP contribution in [0.15, 0.2) is 24.3 Å². The van der Waals surface area contributed by atoms with Crippen LogP contribution in [0.5, 0.6) is 0 Å². The fraction of sp³-hybridized carbons (Fsp3) is 0.412. The van der Waals surface area contributed by atoms with Crippen molar-refractivity contribution in [1.82, 2.24) is 20.4 Å². The first kappa shape index (κ1) is 19.3. The molecule has 0 unspecified atom stereocenters. The summed E-state index contributed by atoms with van der Waals surface area (Å²) in [7, 11) is 0. The zero-order valence-corrected chi connectivity index (χ0v) is 15.4. The molecule has 1 aliphatic rings. The average Bonchev–Trinajstić information content (AvgIpc) is 3.18. The first-order chi connectivity index (χ1) is 13.1. The predicted molar refractivity (Wildman–Crippen MR) is 98.5 cm³/mol. The molecule has 0 spiro atoms. The summed E-state index contributed by atoms with van der Waals surface area (Å²) in [6.07, 6.45) is 0.822. The third-order valence-corrected chi connectivity index (χ3v) is 4.88. The van der Waals surface area contributed by atoms with Gasteiger partial charge in [0.2, 0.25) is 10.0 Å². The van der Waals surface area contributed by atoms with E-state index in [9.17, 15) is 14.0 Å². The molecule has 10 heteroatoms. The maximum atomic E-state index is 12.9. The van der Waals surface area contributed by atoms with Crippen molar-refractivity contribution in [3.63, 3.8) is 0 Å². The molecule has 0 atom stereocenters. The summed E-state index contributed by atoms with van der Waals surface area (Å²) in [5.41, 5.74) is 0.436. The molecule has 0 radical (unpaired) electrons. The van der Waals surface area contributed by atoms with Gasteiger partial charge in [0.1, 0.15) is 5.82 Å². The van der Waals surface area contributed by atoms with E-state index in [4.69, 9.17) is 4.74 Å². The van der Waals surface area contributed by atoms with E-state index < -0.39 is 11.7 Å². The Bertz CT molecular complexity index is 777. The number of hydrogen-bond donors (Lipinski definition) is 2. The molecule has 1 fully saturated rings. The number of nitrogens with zero attached hydrogens (tertiary/aromatic N) is 3. The number of hydrogen-bond acceptors (Lipinski definition) is 7. The average molecular weight is 393 g/mol. The molecule has 144 valence electrons. The van der Waals surface area contributed by atoms with Gasteiger partial charge in [0.05, 0.1) is 13.2 Å². The van der Waals surface area contributed by atoms with E-state index in [0.717, 1.165) is 50.6 Å². The van der Waals surface area contributed by atoms with E-state index in [1.54, 1.807) is 0 Å². The molecule has 8 nitrogen and oxygen atoms in total. The maximum absolute atomic E-state index is 12.9. The number of rotatable bonds is 7. The van der Waals surface area contributed by atoms with Crippen molar-refractivity contribution in [3.8, 4) is 0 Å². The van der Waals surface area contributed by atoms with Crippen LogP contribution in [0.1, 0.15) is 26.0 Å². The van der Waals surface area contributed by atoms with Crippen LogP contribution in [0.25, 0.3) is 0 Å². The number of halogens is 1. The van der Waals surface area contributed by atoms with Crippen molar-refractivity contribution in [1.29, 1.82) is 0 Å². The highest BCUT2D eigenvalue weighted by atomic mass is 32.1. The summed E-state index contributed by atoms with van der Waals surface area (Å²) < 4.78 is 18.2. The zero-order valence-electron chi connectivity index (χ0n) is 14.6. The molecule has 27 heavy (non-hydrogen) atoms. The number of amides is 2. The number of ether oxygens (including phenoxy) is 1. The van der Waals surface area contributed by atoms with Crippen molar-refractivity contribution < 1.29 is 18.7 Å². The van der Waals surface area contributed by atoms with Gasteiger partial charge in [0.25, 0.3) is 11.8 Å². The number of carbonyl (C=O) groups excluding carboxylic acids is 2. The quantitative estimate of drug-likeness (QED) is 0.690. The molecular formula is C17H20FN5O3S. The lowest BCUT2D eigenvalue weighted by Crippen LogP contribution is -2.38. The van der Waals surface area contributed by atoms with Gasteiger partial charge in [-0.15, -0.1) is 10.2 Å². The van der Waals surface area contributed by atoms with Crippen LogP contribution >= 0.6 is 11.3 Å². The molecule has 0 aliphatic carbocycles. The molecule has 3 rings (SSSR count). The van der Waals surface area contributed by atoms with Crippen molar-refractivity contribution >= 4 is 28.8 Å². The predicted octanol–water partition coefficient (Wildman–Crippen LogP) is 1.38. The number of anilines is 1. The van der Waals surface area contributed by atoms with E-state index in [-0.39, 0.29) is 15.9 Å². The van der Waals surface area contributed by atoms with E-state index in [1.165, 1.54) is 24.3 Å². The smallest absolute Gasteiger partial charge is 0.286 e. The molecule has 2 amide bonds. The molecule has 2 heterocycles. The van der Waals surface area contributed by atoms with Gasteiger partial charge in [-0.05, 0) is 37.2 Å². The first-order valence-electron chi connectivity index (χ1n) is 8.60. The fourth-order valence-corrected chi connectivity index (χ4v) is 3.18. The van der Waals surface area contributed by atoms with Gasteiger partial charge in [0, 0.05) is 25.3 Å². The summed E-state index contributed by atoms with van der Waals surface area (Å²) in [6.45, 7) is 4.74. The van der Waals surface area contributed by atoms with Crippen molar-refractivity contribution in [2.24, 2.45) is 0 Å². The second kappa shape index (κ2) is 9.49. The number of morpholine rings is 1. The Labute approximate surface area is 159 Å². The van der Waals surface area contributed by atoms with Gasteiger partial charge in [-0.25, -0.2) is 4.39 Å². The summed E-state index contributed by atoms with van der Waals surface area (Å²) in [4.78, 5) is 26.5. The second-order valence-corrected chi connectivity index (χ2v) is 6.91. The third-order valence-electron chi connectivity index (χ3n) is 3.96.